The van der Waals surface area contributed by atoms with Crippen molar-refractivity contribution in [2.75, 3.05) is 13.7 Å². The number of aryl methyl sites for hydroxylation is 1. The Bertz CT molecular complexity index is 512. The van der Waals surface area contributed by atoms with E-state index in [1.165, 1.54) is 19.3 Å². The Labute approximate surface area is 130 Å². The molecule has 0 aromatic carbocycles. The summed E-state index contributed by atoms with van der Waals surface area (Å²) in [6, 6.07) is -0.162. The molecule has 1 saturated carbocycles. The van der Waals surface area contributed by atoms with Gasteiger partial charge in [0.1, 0.15) is 12.4 Å². The second kappa shape index (κ2) is 7.09. The fourth-order valence-corrected chi connectivity index (χ4v) is 3.11. The molecule has 22 heavy (non-hydrogen) atoms. The second-order valence-electron chi connectivity index (χ2n) is 6.22. The Morgan fingerprint density at radius 3 is 2.95 bits per heavy atom. The minimum absolute atomic E-state index is 0.0597. The van der Waals surface area contributed by atoms with Crippen LogP contribution in [-0.4, -0.2) is 34.5 Å². The molecular weight excluding hydrogens is 282 g/mol. The van der Waals surface area contributed by atoms with Crippen molar-refractivity contribution in [1.29, 1.82) is 0 Å². The van der Waals surface area contributed by atoms with Crippen LogP contribution in [0, 0.1) is 5.92 Å². The van der Waals surface area contributed by atoms with Crippen LogP contribution in [0.2, 0.25) is 0 Å². The van der Waals surface area contributed by atoms with Crippen LogP contribution in [0.25, 0.3) is 0 Å². The average Bonchev–Trinajstić information content (AvgIpc) is 2.86. The summed E-state index contributed by atoms with van der Waals surface area (Å²) < 4.78 is 6.96. The van der Waals surface area contributed by atoms with E-state index < -0.39 is 0 Å². The highest BCUT2D eigenvalue weighted by molar-refractivity contribution is 5.74. The molecule has 2 heterocycles. The lowest BCUT2D eigenvalue weighted by Crippen LogP contribution is -2.41. The maximum absolute atomic E-state index is 12.0. The van der Waals surface area contributed by atoms with Crippen LogP contribution >= 0.6 is 0 Å². The topological polar surface area (TPSA) is 81.1 Å². The molecule has 122 valence electrons. The van der Waals surface area contributed by atoms with Gasteiger partial charge >= 0.3 is 6.03 Å². The number of methoxy groups -OCH3 is 1. The van der Waals surface area contributed by atoms with Crippen molar-refractivity contribution in [3.05, 3.63) is 11.6 Å². The molecule has 3 rings (SSSR count). The maximum atomic E-state index is 12.0. The lowest BCUT2D eigenvalue weighted by atomic mass is 9.83. The molecule has 7 nitrogen and oxygen atoms in total. The third kappa shape index (κ3) is 3.58. The fourth-order valence-electron chi connectivity index (χ4n) is 3.11. The number of nitrogens with one attached hydrogen (secondary N) is 2. The SMILES string of the molecule is COCc1nc2n(n1)CCCC2NC(=O)NCCC1CCC1. The predicted molar refractivity (Wildman–Crippen MR) is 81.2 cm³/mol. The molecule has 0 bridgehead atoms. The van der Waals surface area contributed by atoms with E-state index >= 15 is 0 Å². The molecule has 2 aliphatic rings. The fraction of sp³-hybridized carbons (Fsp3) is 0.800. The smallest absolute Gasteiger partial charge is 0.315 e. The highest BCUT2D eigenvalue weighted by Crippen LogP contribution is 2.28. The summed E-state index contributed by atoms with van der Waals surface area (Å²) in [5, 5.41) is 10.4. The number of amides is 2. The predicted octanol–water partition coefficient (Wildman–Crippen LogP) is 1.75. The Kier molecular flexibility index (Phi) is 4.92. The molecule has 1 fully saturated rings. The summed E-state index contributed by atoms with van der Waals surface area (Å²) in [7, 11) is 1.63. The molecule has 1 aliphatic carbocycles. The largest absolute Gasteiger partial charge is 0.377 e. The zero-order valence-corrected chi connectivity index (χ0v) is 13.2. The minimum Gasteiger partial charge on any atom is -0.377 e. The normalized spacial score (nSPS) is 21.0. The van der Waals surface area contributed by atoms with E-state index in [1.807, 2.05) is 4.68 Å². The molecule has 0 spiro atoms. The summed E-state index contributed by atoms with van der Waals surface area (Å²) in [6.07, 6.45) is 6.97. The van der Waals surface area contributed by atoms with Gasteiger partial charge in [0.15, 0.2) is 5.82 Å². The maximum Gasteiger partial charge on any atom is 0.315 e. The summed E-state index contributed by atoms with van der Waals surface area (Å²) in [5.41, 5.74) is 0. The number of aromatic nitrogens is 3. The van der Waals surface area contributed by atoms with Gasteiger partial charge in [0.05, 0.1) is 6.04 Å². The van der Waals surface area contributed by atoms with Crippen LogP contribution < -0.4 is 10.6 Å². The van der Waals surface area contributed by atoms with Gasteiger partial charge in [0.2, 0.25) is 0 Å². The molecule has 2 N–H and O–H groups in total. The van der Waals surface area contributed by atoms with Gasteiger partial charge in [0, 0.05) is 20.2 Å². The molecule has 1 unspecified atom stereocenters. The first-order valence-corrected chi connectivity index (χ1v) is 8.23. The molecule has 0 radical (unpaired) electrons. The number of nitrogens with zero attached hydrogens (tertiary/aromatic N) is 3. The van der Waals surface area contributed by atoms with Crippen LogP contribution in [0.4, 0.5) is 4.79 Å². The number of urea groups is 1. The second-order valence-corrected chi connectivity index (χ2v) is 6.22. The molecule has 7 heteroatoms. The van der Waals surface area contributed by atoms with Crippen LogP contribution in [0.3, 0.4) is 0 Å². The zero-order chi connectivity index (χ0) is 15.4. The first-order chi connectivity index (χ1) is 10.8. The number of fused-ring (bicyclic) bond motifs is 1. The first-order valence-electron chi connectivity index (χ1n) is 8.23. The molecule has 0 saturated heterocycles. The summed E-state index contributed by atoms with van der Waals surface area (Å²) in [5.74, 6) is 2.33. The molecule has 2 amide bonds. The zero-order valence-electron chi connectivity index (χ0n) is 13.2. The lowest BCUT2D eigenvalue weighted by molar-refractivity contribution is 0.177. The Morgan fingerprint density at radius 1 is 1.36 bits per heavy atom. The molecule has 1 aliphatic heterocycles. The summed E-state index contributed by atoms with van der Waals surface area (Å²) in [4.78, 5) is 16.5. The number of hydrogen-bond donors (Lipinski definition) is 2. The molecular formula is C15H25N5O2. The Balaban J connectivity index is 1.50. The van der Waals surface area contributed by atoms with Gasteiger partial charge in [-0.2, -0.15) is 5.10 Å². The average molecular weight is 307 g/mol. The summed E-state index contributed by atoms with van der Waals surface area (Å²) >= 11 is 0. The lowest BCUT2D eigenvalue weighted by Gasteiger charge is -2.26. The monoisotopic (exact) mass is 307 g/mol. The third-order valence-corrected chi connectivity index (χ3v) is 4.56. The number of carbonyl (C=O) groups excluding carboxylic acids is 1. The van der Waals surface area contributed by atoms with Gasteiger partial charge < -0.3 is 15.4 Å². The van der Waals surface area contributed by atoms with Crippen molar-refractivity contribution >= 4 is 6.03 Å². The van der Waals surface area contributed by atoms with E-state index in [9.17, 15) is 4.79 Å². The highest BCUT2D eigenvalue weighted by Gasteiger charge is 2.25. The van der Waals surface area contributed by atoms with Crippen molar-refractivity contribution in [2.24, 2.45) is 5.92 Å². The quantitative estimate of drug-likeness (QED) is 0.839. The van der Waals surface area contributed by atoms with Gasteiger partial charge in [-0.3, -0.25) is 0 Å². The van der Waals surface area contributed by atoms with Crippen molar-refractivity contribution in [3.63, 3.8) is 0 Å². The van der Waals surface area contributed by atoms with Gasteiger partial charge in [-0.25, -0.2) is 14.5 Å². The van der Waals surface area contributed by atoms with E-state index in [0.717, 1.165) is 44.1 Å². The van der Waals surface area contributed by atoms with Crippen molar-refractivity contribution < 1.29 is 9.53 Å². The van der Waals surface area contributed by atoms with Crippen molar-refractivity contribution in [2.45, 2.75) is 57.7 Å². The standard InChI is InChI=1S/C15H25N5O2/c1-22-10-13-18-14-12(6-3-9-20(14)19-13)17-15(21)16-8-7-11-4-2-5-11/h11-12H,2-10H2,1H3,(H2,16,17,21). The molecule has 1 aromatic rings. The van der Waals surface area contributed by atoms with Crippen molar-refractivity contribution in [1.82, 2.24) is 25.4 Å². The van der Waals surface area contributed by atoms with E-state index in [0.29, 0.717) is 12.4 Å². The highest BCUT2D eigenvalue weighted by atomic mass is 16.5. The van der Waals surface area contributed by atoms with E-state index in [2.05, 4.69) is 20.7 Å². The number of hydrogen-bond acceptors (Lipinski definition) is 4. The molecule has 1 aromatic heterocycles. The number of rotatable bonds is 6. The number of carbonyl (C=O) groups is 1. The van der Waals surface area contributed by atoms with Crippen LogP contribution in [0.15, 0.2) is 0 Å². The van der Waals surface area contributed by atoms with Crippen LogP contribution in [-0.2, 0) is 17.9 Å². The van der Waals surface area contributed by atoms with Crippen LogP contribution in [0.5, 0.6) is 0 Å². The van der Waals surface area contributed by atoms with E-state index in [-0.39, 0.29) is 12.1 Å². The van der Waals surface area contributed by atoms with Crippen molar-refractivity contribution in [3.8, 4) is 0 Å². The number of ether oxygens (including phenoxy) is 1. The van der Waals surface area contributed by atoms with Gasteiger partial charge in [-0.1, -0.05) is 19.3 Å². The third-order valence-electron chi connectivity index (χ3n) is 4.56. The Morgan fingerprint density at radius 2 is 2.23 bits per heavy atom. The van der Waals surface area contributed by atoms with Gasteiger partial charge in [-0.15, -0.1) is 0 Å². The summed E-state index contributed by atoms with van der Waals surface area (Å²) in [6.45, 7) is 2.01. The van der Waals surface area contributed by atoms with Crippen LogP contribution in [0.1, 0.15) is 56.2 Å². The van der Waals surface area contributed by atoms with Gasteiger partial charge in [0.25, 0.3) is 0 Å². The van der Waals surface area contributed by atoms with Gasteiger partial charge in [-0.05, 0) is 25.2 Å². The molecule has 1 atom stereocenters. The van der Waals surface area contributed by atoms with E-state index in [1.54, 1.807) is 7.11 Å². The minimum atomic E-state index is -0.103. The van der Waals surface area contributed by atoms with E-state index in [4.69, 9.17) is 4.74 Å². The first kappa shape index (κ1) is 15.3. The Hall–Kier alpha value is -1.63.